The summed E-state index contributed by atoms with van der Waals surface area (Å²) in [6.45, 7) is -1.05. The van der Waals surface area contributed by atoms with Crippen LogP contribution in [0.15, 0.2) is 24.3 Å². The molecule has 1 atom stereocenters. The second-order valence-electron chi connectivity index (χ2n) is 5.83. The minimum absolute atomic E-state index is 0.0784. The van der Waals surface area contributed by atoms with Crippen LogP contribution >= 0.6 is 0 Å². The first-order valence-electron chi connectivity index (χ1n) is 7.70. The molecule has 1 fully saturated rings. The third kappa shape index (κ3) is 3.69. The second-order valence-corrected chi connectivity index (χ2v) is 5.83. The molecular weight excluding hydrogens is 318 g/mol. The van der Waals surface area contributed by atoms with E-state index in [2.05, 4.69) is 20.1 Å². The largest absolute Gasteiger partial charge is 0.435 e. The minimum Gasteiger partial charge on any atom is -0.435 e. The van der Waals surface area contributed by atoms with Crippen LogP contribution in [-0.4, -0.2) is 27.3 Å². The number of hydrogen-bond acceptors (Lipinski definition) is 4. The van der Waals surface area contributed by atoms with Gasteiger partial charge in [0.05, 0.1) is 6.04 Å². The van der Waals surface area contributed by atoms with Gasteiger partial charge in [-0.15, -0.1) is 0 Å². The van der Waals surface area contributed by atoms with Crippen LogP contribution in [-0.2, 0) is 7.05 Å². The van der Waals surface area contributed by atoms with Gasteiger partial charge in [0, 0.05) is 13.0 Å². The number of hydrogen-bond donors (Lipinski definition) is 1. The van der Waals surface area contributed by atoms with Crippen LogP contribution in [0.25, 0.3) is 0 Å². The minimum atomic E-state index is -2.86. The molecule has 1 heterocycles. The van der Waals surface area contributed by atoms with Crippen molar-refractivity contribution in [3.8, 4) is 5.75 Å². The highest BCUT2D eigenvalue weighted by Crippen LogP contribution is 2.38. The number of nitrogens with zero attached hydrogens (tertiary/aromatic N) is 3. The Balaban J connectivity index is 1.65. The Bertz CT molecular complexity index is 726. The number of alkyl halides is 2. The Hall–Kier alpha value is -2.51. The molecule has 24 heavy (non-hydrogen) atoms. The molecule has 1 aromatic carbocycles. The number of carbonyl (C=O) groups is 1. The highest BCUT2D eigenvalue weighted by atomic mass is 19.3. The number of ether oxygens (including phenoxy) is 1. The van der Waals surface area contributed by atoms with Gasteiger partial charge in [0.1, 0.15) is 5.75 Å². The number of halogens is 2. The molecule has 0 bridgehead atoms. The zero-order chi connectivity index (χ0) is 17.3. The number of carbonyl (C=O) groups excluding carboxylic acids is 1. The maximum atomic E-state index is 12.4. The molecule has 128 valence electrons. The molecule has 6 nitrogen and oxygen atoms in total. The van der Waals surface area contributed by atoms with Crippen LogP contribution in [0.1, 0.15) is 53.7 Å². The first-order chi connectivity index (χ1) is 11.4. The Morgan fingerprint density at radius 2 is 2.00 bits per heavy atom. The second kappa shape index (κ2) is 6.54. The van der Waals surface area contributed by atoms with Crippen LogP contribution in [0.2, 0.25) is 0 Å². The SMILES string of the molecule is C[C@H](NC(=O)c1nc(C2CC2)nn1C)c1ccc(OC(F)F)cc1. The van der Waals surface area contributed by atoms with E-state index in [0.29, 0.717) is 11.7 Å². The predicted octanol–water partition coefficient (Wildman–Crippen LogP) is 2.78. The lowest BCUT2D eigenvalue weighted by Crippen LogP contribution is -2.29. The van der Waals surface area contributed by atoms with Crippen molar-refractivity contribution in [1.82, 2.24) is 20.1 Å². The van der Waals surface area contributed by atoms with Crippen molar-refractivity contribution < 1.29 is 18.3 Å². The average Bonchev–Trinajstić information content (AvgIpc) is 3.30. The topological polar surface area (TPSA) is 69.0 Å². The summed E-state index contributed by atoms with van der Waals surface area (Å²) in [5, 5.41) is 7.11. The van der Waals surface area contributed by atoms with Crippen LogP contribution in [0.5, 0.6) is 5.75 Å². The van der Waals surface area contributed by atoms with Gasteiger partial charge in [-0.1, -0.05) is 12.1 Å². The molecule has 1 aliphatic rings. The third-order valence-corrected chi connectivity index (χ3v) is 3.88. The van der Waals surface area contributed by atoms with Crippen LogP contribution in [0.3, 0.4) is 0 Å². The highest BCUT2D eigenvalue weighted by molar-refractivity contribution is 5.90. The van der Waals surface area contributed by atoms with Gasteiger partial charge in [0.25, 0.3) is 5.91 Å². The number of amides is 1. The number of aryl methyl sites for hydroxylation is 1. The summed E-state index contributed by atoms with van der Waals surface area (Å²) in [4.78, 5) is 16.7. The van der Waals surface area contributed by atoms with Crippen molar-refractivity contribution in [1.29, 1.82) is 0 Å². The molecule has 0 saturated heterocycles. The monoisotopic (exact) mass is 336 g/mol. The summed E-state index contributed by atoms with van der Waals surface area (Å²) in [6.07, 6.45) is 2.13. The van der Waals surface area contributed by atoms with Crippen LogP contribution in [0.4, 0.5) is 8.78 Å². The summed E-state index contributed by atoms with van der Waals surface area (Å²) < 4.78 is 30.1. The molecule has 0 spiro atoms. The number of rotatable bonds is 6. The van der Waals surface area contributed by atoms with E-state index in [9.17, 15) is 13.6 Å². The number of aromatic nitrogens is 3. The lowest BCUT2D eigenvalue weighted by molar-refractivity contribution is -0.0498. The fourth-order valence-electron chi connectivity index (χ4n) is 2.40. The van der Waals surface area contributed by atoms with Crippen LogP contribution in [0, 0.1) is 0 Å². The number of nitrogens with one attached hydrogen (secondary N) is 1. The van der Waals surface area contributed by atoms with E-state index < -0.39 is 6.61 Å². The van der Waals surface area contributed by atoms with Gasteiger partial charge >= 0.3 is 6.61 Å². The molecular formula is C16H18F2N4O2. The lowest BCUT2D eigenvalue weighted by atomic mass is 10.1. The highest BCUT2D eigenvalue weighted by Gasteiger charge is 2.30. The Labute approximate surface area is 137 Å². The quantitative estimate of drug-likeness (QED) is 0.881. The predicted molar refractivity (Wildman–Crippen MR) is 81.9 cm³/mol. The first-order valence-corrected chi connectivity index (χ1v) is 7.70. The summed E-state index contributed by atoms with van der Waals surface area (Å²) in [5.74, 6) is 1.11. The van der Waals surface area contributed by atoms with E-state index in [-0.39, 0.29) is 23.5 Å². The fourth-order valence-corrected chi connectivity index (χ4v) is 2.40. The molecule has 3 rings (SSSR count). The Morgan fingerprint density at radius 1 is 1.33 bits per heavy atom. The van der Waals surface area contributed by atoms with E-state index in [1.54, 1.807) is 26.1 Å². The van der Waals surface area contributed by atoms with Gasteiger partial charge in [-0.3, -0.25) is 4.79 Å². The standard InChI is InChI=1S/C16H18F2N4O2/c1-9(10-5-7-12(8-6-10)24-16(17)18)19-15(23)14-20-13(11-3-4-11)21-22(14)2/h5-9,11,16H,3-4H2,1-2H3,(H,19,23)/t9-/m0/s1. The van der Waals surface area contributed by atoms with Crippen LogP contribution < -0.4 is 10.1 Å². The summed E-state index contributed by atoms with van der Waals surface area (Å²) in [6, 6.07) is 5.85. The molecule has 0 radical (unpaired) electrons. The van der Waals surface area contributed by atoms with E-state index >= 15 is 0 Å². The van der Waals surface area contributed by atoms with E-state index in [4.69, 9.17) is 0 Å². The van der Waals surface area contributed by atoms with Gasteiger partial charge in [0.15, 0.2) is 5.82 Å². The molecule has 1 saturated carbocycles. The van der Waals surface area contributed by atoms with E-state index in [1.807, 2.05) is 0 Å². The van der Waals surface area contributed by atoms with Crippen molar-refractivity contribution in [2.45, 2.75) is 38.3 Å². The summed E-state index contributed by atoms with van der Waals surface area (Å²) in [7, 11) is 1.69. The molecule has 1 amide bonds. The fraction of sp³-hybridized carbons (Fsp3) is 0.438. The number of benzene rings is 1. The van der Waals surface area contributed by atoms with Gasteiger partial charge in [-0.25, -0.2) is 9.67 Å². The summed E-state index contributed by atoms with van der Waals surface area (Å²) in [5.41, 5.74) is 0.773. The van der Waals surface area contributed by atoms with Crippen molar-refractivity contribution in [3.05, 3.63) is 41.5 Å². The van der Waals surface area contributed by atoms with Crippen molar-refractivity contribution >= 4 is 5.91 Å². The molecule has 0 aliphatic heterocycles. The van der Waals surface area contributed by atoms with E-state index in [1.165, 1.54) is 16.8 Å². The molecule has 1 aromatic heterocycles. The maximum Gasteiger partial charge on any atom is 0.387 e. The first kappa shape index (κ1) is 16.4. The van der Waals surface area contributed by atoms with Gasteiger partial charge < -0.3 is 10.1 Å². The molecule has 1 N–H and O–H groups in total. The Kier molecular flexibility index (Phi) is 4.46. The third-order valence-electron chi connectivity index (χ3n) is 3.88. The normalized spacial score (nSPS) is 15.4. The smallest absolute Gasteiger partial charge is 0.387 e. The zero-order valence-corrected chi connectivity index (χ0v) is 13.4. The summed E-state index contributed by atoms with van der Waals surface area (Å²) >= 11 is 0. The molecule has 8 heteroatoms. The molecule has 2 aromatic rings. The van der Waals surface area contributed by atoms with Crippen molar-refractivity contribution in [3.63, 3.8) is 0 Å². The van der Waals surface area contributed by atoms with Gasteiger partial charge in [-0.05, 0) is 37.5 Å². The molecule has 1 aliphatic carbocycles. The zero-order valence-electron chi connectivity index (χ0n) is 13.4. The molecule has 0 unspecified atom stereocenters. The Morgan fingerprint density at radius 3 is 2.58 bits per heavy atom. The lowest BCUT2D eigenvalue weighted by Gasteiger charge is -2.14. The van der Waals surface area contributed by atoms with Gasteiger partial charge in [0.2, 0.25) is 5.82 Å². The maximum absolute atomic E-state index is 12.4. The van der Waals surface area contributed by atoms with Crippen molar-refractivity contribution in [2.75, 3.05) is 0 Å². The van der Waals surface area contributed by atoms with Crippen molar-refractivity contribution in [2.24, 2.45) is 7.05 Å². The van der Waals surface area contributed by atoms with Gasteiger partial charge in [-0.2, -0.15) is 13.9 Å². The van der Waals surface area contributed by atoms with E-state index in [0.717, 1.165) is 18.4 Å². The average molecular weight is 336 g/mol.